The van der Waals surface area contributed by atoms with Crippen LogP contribution in [0.3, 0.4) is 0 Å². The molecule has 252 valence electrons. The van der Waals surface area contributed by atoms with Gasteiger partial charge in [-0.2, -0.15) is 0 Å². The van der Waals surface area contributed by atoms with Gasteiger partial charge < -0.3 is 19.6 Å². The van der Waals surface area contributed by atoms with Crippen molar-refractivity contribution in [1.82, 2.24) is 9.80 Å². The zero-order chi connectivity index (χ0) is 34.5. The Morgan fingerprint density at radius 2 is 1.18 bits per heavy atom. The summed E-state index contributed by atoms with van der Waals surface area (Å²) in [6.07, 6.45) is 2.10. The van der Waals surface area contributed by atoms with Crippen LogP contribution in [0.2, 0.25) is 0 Å². The van der Waals surface area contributed by atoms with E-state index >= 15 is 0 Å². The Balaban J connectivity index is 0.949. The molecule has 0 saturated carbocycles. The highest BCUT2D eigenvalue weighted by Gasteiger charge is 2.32. The quantitative estimate of drug-likeness (QED) is 0.129. The maximum atomic E-state index is 13.5. The first-order chi connectivity index (χ1) is 24.4. The summed E-state index contributed by atoms with van der Waals surface area (Å²) in [5.74, 6) is 0.331. The summed E-state index contributed by atoms with van der Waals surface area (Å²) in [5.41, 5.74) is 9.75. The van der Waals surface area contributed by atoms with Crippen molar-refractivity contribution in [3.8, 4) is 22.6 Å². The number of carbonyl (C=O) groups is 2. The monoisotopic (exact) mass is 665 g/mol. The normalized spacial score (nSPS) is 15.1. The molecule has 50 heavy (non-hydrogen) atoms. The van der Waals surface area contributed by atoms with Crippen LogP contribution in [-0.2, 0) is 22.5 Å². The third-order valence-electron chi connectivity index (χ3n) is 9.55. The van der Waals surface area contributed by atoms with Gasteiger partial charge in [-0.3, -0.25) is 9.69 Å². The van der Waals surface area contributed by atoms with Crippen LogP contribution in [0.1, 0.15) is 51.1 Å². The second kappa shape index (κ2) is 14.8. The SMILES string of the molecule is C/C(=N\OCC(=O)O)c1ccc(-c2ccc(Oc3ccc(C(=O)N4CCN(C5c6ccccc6CCc6ccccc65)CC4)cc3)cc2)cc1. The molecule has 1 aliphatic carbocycles. The number of fused-ring (bicyclic) bond motifs is 2. The summed E-state index contributed by atoms with van der Waals surface area (Å²) in [4.78, 5) is 33.5. The molecular weight excluding hydrogens is 626 g/mol. The topological polar surface area (TPSA) is 91.7 Å². The van der Waals surface area contributed by atoms with Crippen molar-refractivity contribution in [2.45, 2.75) is 25.8 Å². The van der Waals surface area contributed by atoms with Crippen LogP contribution < -0.4 is 4.74 Å². The molecular formula is C42H39N3O5. The highest BCUT2D eigenvalue weighted by atomic mass is 16.6. The summed E-state index contributed by atoms with van der Waals surface area (Å²) >= 11 is 0. The minimum Gasteiger partial charge on any atom is -0.479 e. The van der Waals surface area contributed by atoms with Gasteiger partial charge in [0.1, 0.15) is 11.5 Å². The minimum absolute atomic E-state index is 0.0440. The Morgan fingerprint density at radius 3 is 1.74 bits per heavy atom. The van der Waals surface area contributed by atoms with Gasteiger partial charge in [0, 0.05) is 31.7 Å². The molecule has 8 nitrogen and oxygen atoms in total. The zero-order valence-electron chi connectivity index (χ0n) is 28.0. The lowest BCUT2D eigenvalue weighted by atomic mass is 9.92. The van der Waals surface area contributed by atoms with Gasteiger partial charge >= 0.3 is 5.97 Å². The van der Waals surface area contributed by atoms with E-state index in [1.807, 2.05) is 77.7 Å². The number of rotatable bonds is 9. The van der Waals surface area contributed by atoms with Gasteiger partial charge in [-0.25, -0.2) is 4.79 Å². The number of aryl methyl sites for hydroxylation is 2. The van der Waals surface area contributed by atoms with Gasteiger partial charge in [-0.15, -0.1) is 0 Å². The summed E-state index contributed by atoms with van der Waals surface area (Å²) in [6, 6.07) is 40.9. The van der Waals surface area contributed by atoms with E-state index in [0.717, 1.165) is 42.6 Å². The Morgan fingerprint density at radius 1 is 0.680 bits per heavy atom. The van der Waals surface area contributed by atoms with E-state index in [1.165, 1.54) is 22.3 Å². The number of oxime groups is 1. The van der Waals surface area contributed by atoms with Crippen LogP contribution in [0.15, 0.2) is 126 Å². The molecule has 1 fully saturated rings. The van der Waals surface area contributed by atoms with Gasteiger partial charge in [-0.05, 0) is 95.1 Å². The fourth-order valence-corrected chi connectivity index (χ4v) is 6.91. The molecule has 1 amide bonds. The summed E-state index contributed by atoms with van der Waals surface area (Å²) < 4.78 is 6.10. The second-order valence-electron chi connectivity index (χ2n) is 12.7. The zero-order valence-corrected chi connectivity index (χ0v) is 28.0. The average molecular weight is 666 g/mol. The molecule has 0 radical (unpaired) electrons. The lowest BCUT2D eigenvalue weighted by Crippen LogP contribution is -2.50. The molecule has 0 atom stereocenters. The number of carbonyl (C=O) groups excluding carboxylic acids is 1. The highest BCUT2D eigenvalue weighted by Crippen LogP contribution is 2.37. The van der Waals surface area contributed by atoms with Crippen molar-refractivity contribution >= 4 is 17.6 Å². The van der Waals surface area contributed by atoms with Crippen LogP contribution >= 0.6 is 0 Å². The van der Waals surface area contributed by atoms with E-state index in [9.17, 15) is 9.59 Å². The Hall–Kier alpha value is -5.73. The highest BCUT2D eigenvalue weighted by molar-refractivity contribution is 5.98. The minimum atomic E-state index is -1.07. The smallest absolute Gasteiger partial charge is 0.344 e. The van der Waals surface area contributed by atoms with Crippen molar-refractivity contribution in [2.75, 3.05) is 32.8 Å². The van der Waals surface area contributed by atoms with E-state index in [4.69, 9.17) is 14.7 Å². The van der Waals surface area contributed by atoms with Crippen molar-refractivity contribution in [3.05, 3.63) is 155 Å². The lowest BCUT2D eigenvalue weighted by molar-refractivity contribution is -0.142. The van der Waals surface area contributed by atoms with E-state index in [0.29, 0.717) is 35.9 Å². The fourth-order valence-electron chi connectivity index (χ4n) is 6.91. The molecule has 0 spiro atoms. The second-order valence-corrected chi connectivity index (χ2v) is 12.7. The van der Waals surface area contributed by atoms with Crippen molar-refractivity contribution in [1.29, 1.82) is 0 Å². The maximum Gasteiger partial charge on any atom is 0.344 e. The molecule has 5 aromatic rings. The molecule has 0 unspecified atom stereocenters. The molecule has 2 aliphatic rings. The standard InChI is InChI=1S/C42H39N3O5/c1-29(43-49-28-40(46)47)30-10-12-31(13-11-30)32-16-20-36(21-17-32)50-37-22-18-35(19-23-37)42(48)45-26-24-44(25-27-45)41-38-8-4-2-6-33(38)14-15-34-7-3-5-9-39(34)41/h2-13,16-23,41H,14-15,24-28H2,1H3,(H,46,47)/b43-29+. The van der Waals surface area contributed by atoms with Gasteiger partial charge in [0.2, 0.25) is 6.61 Å². The van der Waals surface area contributed by atoms with Crippen LogP contribution in [0, 0.1) is 0 Å². The predicted molar refractivity (Wildman–Crippen MR) is 194 cm³/mol. The molecule has 0 bridgehead atoms. The van der Waals surface area contributed by atoms with E-state index < -0.39 is 12.6 Å². The molecule has 1 N–H and O–H groups in total. The summed E-state index contributed by atoms with van der Waals surface area (Å²) in [5, 5.41) is 12.6. The molecule has 1 saturated heterocycles. The van der Waals surface area contributed by atoms with E-state index in [2.05, 4.69) is 58.6 Å². The van der Waals surface area contributed by atoms with Crippen LogP contribution in [0.5, 0.6) is 11.5 Å². The number of amides is 1. The summed E-state index contributed by atoms with van der Waals surface area (Å²) in [6.45, 7) is 4.29. The summed E-state index contributed by atoms with van der Waals surface area (Å²) in [7, 11) is 0. The maximum absolute atomic E-state index is 13.5. The first kappa shape index (κ1) is 32.8. The van der Waals surface area contributed by atoms with Crippen molar-refractivity contribution < 1.29 is 24.3 Å². The van der Waals surface area contributed by atoms with E-state index in [-0.39, 0.29) is 11.9 Å². The number of hydrogen-bond acceptors (Lipinski definition) is 6. The number of carboxylic acids is 1. The van der Waals surface area contributed by atoms with Gasteiger partial charge in [0.15, 0.2) is 0 Å². The third-order valence-corrected chi connectivity index (χ3v) is 9.55. The number of hydrogen-bond donors (Lipinski definition) is 1. The van der Waals surface area contributed by atoms with Crippen molar-refractivity contribution in [3.63, 3.8) is 0 Å². The molecule has 0 aromatic heterocycles. The lowest BCUT2D eigenvalue weighted by Gasteiger charge is -2.40. The molecule has 1 heterocycles. The predicted octanol–water partition coefficient (Wildman–Crippen LogP) is 7.62. The molecule has 7 rings (SSSR count). The van der Waals surface area contributed by atoms with Crippen molar-refractivity contribution in [2.24, 2.45) is 5.16 Å². The number of benzene rings is 5. The van der Waals surface area contributed by atoms with Gasteiger partial charge in [0.25, 0.3) is 5.91 Å². The number of aliphatic carboxylic acids is 1. The number of nitrogens with zero attached hydrogens (tertiary/aromatic N) is 3. The number of piperazine rings is 1. The fraction of sp³-hybridized carbons (Fsp3) is 0.214. The molecule has 5 aromatic carbocycles. The van der Waals surface area contributed by atoms with Crippen LogP contribution in [0.4, 0.5) is 0 Å². The third kappa shape index (κ3) is 7.31. The van der Waals surface area contributed by atoms with Crippen LogP contribution in [0.25, 0.3) is 11.1 Å². The first-order valence-corrected chi connectivity index (χ1v) is 17.0. The number of carboxylic acid groups (broad SMARTS) is 1. The van der Waals surface area contributed by atoms with Gasteiger partial charge in [0.05, 0.1) is 11.8 Å². The van der Waals surface area contributed by atoms with Crippen LogP contribution in [-0.4, -0.2) is 65.3 Å². The number of ether oxygens (including phenoxy) is 1. The Kier molecular flexibility index (Phi) is 9.71. The first-order valence-electron chi connectivity index (χ1n) is 17.0. The Bertz CT molecular complexity index is 1950. The largest absolute Gasteiger partial charge is 0.479 e. The Labute approximate surface area is 292 Å². The van der Waals surface area contributed by atoms with E-state index in [1.54, 1.807) is 6.92 Å². The molecule has 8 heteroatoms. The molecule has 1 aliphatic heterocycles. The van der Waals surface area contributed by atoms with Gasteiger partial charge in [-0.1, -0.05) is 90.1 Å². The average Bonchev–Trinajstić information content (AvgIpc) is 3.32.